The summed E-state index contributed by atoms with van der Waals surface area (Å²) >= 11 is 6.48. The van der Waals surface area contributed by atoms with Crippen molar-refractivity contribution in [3.05, 3.63) is 53.3 Å². The van der Waals surface area contributed by atoms with Gasteiger partial charge in [-0.25, -0.2) is 19.7 Å². The number of carbonyl (C=O) groups is 1. The summed E-state index contributed by atoms with van der Waals surface area (Å²) in [6.45, 7) is 0.565. The van der Waals surface area contributed by atoms with Crippen LogP contribution < -0.4 is 19.9 Å². The quantitative estimate of drug-likeness (QED) is 0.425. The molecule has 200 valence electrons. The zero-order chi connectivity index (χ0) is 27.0. The molecule has 2 atom stereocenters. The largest absolute Gasteiger partial charge is 0.474 e. The van der Waals surface area contributed by atoms with Crippen LogP contribution in [0.4, 0.5) is 35.3 Å². The van der Waals surface area contributed by atoms with E-state index in [1.807, 2.05) is 4.90 Å². The topological polar surface area (TPSA) is 124 Å². The zero-order valence-electron chi connectivity index (χ0n) is 19.7. The molecular weight excluding hydrogens is 529 g/mol. The summed E-state index contributed by atoms with van der Waals surface area (Å²) in [5, 5.41) is 21.1. The molecule has 1 saturated heterocycles. The van der Waals surface area contributed by atoms with Crippen LogP contribution in [0, 0.1) is 0 Å². The fourth-order valence-electron chi connectivity index (χ4n) is 4.39. The van der Waals surface area contributed by atoms with Gasteiger partial charge in [0, 0.05) is 18.7 Å². The molecule has 14 heteroatoms. The SMILES string of the molecule is O=C(Nc1cnc(OCC(O)CO)cn1)N1c2nc(-c3cccc(C(F)(F)F)c3)c(Cl)cc2N2CC[C@H]1C2. The van der Waals surface area contributed by atoms with Crippen LogP contribution in [0.1, 0.15) is 12.0 Å². The van der Waals surface area contributed by atoms with E-state index in [0.29, 0.717) is 25.2 Å². The molecular formula is C24H22ClF3N6O4. The molecule has 2 aromatic heterocycles. The lowest BCUT2D eigenvalue weighted by molar-refractivity contribution is -0.137. The van der Waals surface area contributed by atoms with Gasteiger partial charge in [0.05, 0.1) is 47.0 Å². The molecule has 3 N–H and O–H groups in total. The maximum Gasteiger partial charge on any atom is 0.416 e. The first-order chi connectivity index (χ1) is 18.1. The van der Waals surface area contributed by atoms with Crippen LogP contribution in [0.25, 0.3) is 11.3 Å². The third-order valence-corrected chi connectivity index (χ3v) is 6.50. The molecule has 10 nitrogen and oxygen atoms in total. The number of aliphatic hydroxyl groups excluding tert-OH is 2. The molecule has 2 bridgehead atoms. The van der Waals surface area contributed by atoms with Crippen molar-refractivity contribution in [2.75, 3.05) is 41.4 Å². The van der Waals surface area contributed by atoms with Crippen molar-refractivity contribution in [2.45, 2.75) is 24.7 Å². The Morgan fingerprint density at radius 2 is 2.08 bits per heavy atom. The first-order valence-corrected chi connectivity index (χ1v) is 12.0. The number of pyridine rings is 1. The number of hydrogen-bond donors (Lipinski definition) is 3. The first-order valence-electron chi connectivity index (χ1n) is 11.6. The second-order valence-electron chi connectivity index (χ2n) is 8.82. The van der Waals surface area contributed by atoms with Gasteiger partial charge in [0.2, 0.25) is 5.88 Å². The van der Waals surface area contributed by atoms with Crippen molar-refractivity contribution in [1.29, 1.82) is 0 Å². The van der Waals surface area contributed by atoms with Crippen LogP contribution in [0.2, 0.25) is 5.02 Å². The number of halogens is 4. The predicted molar refractivity (Wildman–Crippen MR) is 132 cm³/mol. The lowest BCUT2D eigenvalue weighted by Gasteiger charge is -2.36. The number of ether oxygens (including phenoxy) is 1. The average molecular weight is 551 g/mol. The summed E-state index contributed by atoms with van der Waals surface area (Å²) < 4.78 is 45.1. The minimum absolute atomic E-state index is 0.0901. The Balaban J connectivity index is 1.43. The number of carbonyl (C=O) groups excluding carboxylic acids is 1. The summed E-state index contributed by atoms with van der Waals surface area (Å²) in [4.78, 5) is 29.6. The van der Waals surface area contributed by atoms with E-state index >= 15 is 0 Å². The molecule has 0 radical (unpaired) electrons. The highest BCUT2D eigenvalue weighted by Crippen LogP contribution is 2.43. The van der Waals surface area contributed by atoms with Crippen LogP contribution in [0.5, 0.6) is 5.88 Å². The van der Waals surface area contributed by atoms with Crippen molar-refractivity contribution >= 4 is 35.0 Å². The molecule has 1 aromatic carbocycles. The number of aliphatic hydroxyl groups is 2. The number of urea groups is 1. The Hall–Kier alpha value is -3.68. The summed E-state index contributed by atoms with van der Waals surface area (Å²) in [6.07, 6.45) is -2.42. The molecule has 0 saturated carbocycles. The van der Waals surface area contributed by atoms with Gasteiger partial charge in [0.15, 0.2) is 11.6 Å². The van der Waals surface area contributed by atoms with Crippen LogP contribution in [-0.4, -0.2) is 69.6 Å². The monoisotopic (exact) mass is 550 g/mol. The number of alkyl halides is 3. The number of amides is 2. The van der Waals surface area contributed by atoms with E-state index in [1.165, 1.54) is 29.4 Å². The number of nitrogens with zero attached hydrogens (tertiary/aromatic N) is 5. The van der Waals surface area contributed by atoms with E-state index in [1.54, 1.807) is 6.07 Å². The molecule has 0 aliphatic carbocycles. The number of fused-ring (bicyclic) bond motifs is 4. The molecule has 2 amide bonds. The second kappa shape index (κ2) is 10.2. The maximum absolute atomic E-state index is 13.4. The van der Waals surface area contributed by atoms with E-state index in [0.717, 1.165) is 12.1 Å². The zero-order valence-corrected chi connectivity index (χ0v) is 20.4. The van der Waals surface area contributed by atoms with Gasteiger partial charge in [-0.1, -0.05) is 23.7 Å². The summed E-state index contributed by atoms with van der Waals surface area (Å²) in [6, 6.07) is 5.56. The minimum atomic E-state index is -4.53. The van der Waals surface area contributed by atoms with Crippen molar-refractivity contribution in [2.24, 2.45) is 0 Å². The predicted octanol–water partition coefficient (Wildman–Crippen LogP) is 3.57. The maximum atomic E-state index is 13.4. The Bertz CT molecular complexity index is 1340. The van der Waals surface area contributed by atoms with Crippen molar-refractivity contribution in [1.82, 2.24) is 15.0 Å². The molecule has 1 fully saturated rings. The van der Waals surface area contributed by atoms with E-state index in [4.69, 9.17) is 21.4 Å². The molecule has 2 aliphatic heterocycles. The normalized spacial score (nSPS) is 17.3. The third-order valence-electron chi connectivity index (χ3n) is 6.21. The van der Waals surface area contributed by atoms with E-state index in [-0.39, 0.29) is 46.4 Å². The van der Waals surface area contributed by atoms with Crippen LogP contribution in [0.3, 0.4) is 0 Å². The van der Waals surface area contributed by atoms with Gasteiger partial charge in [-0.3, -0.25) is 10.2 Å². The van der Waals surface area contributed by atoms with Gasteiger partial charge in [-0.15, -0.1) is 0 Å². The third kappa shape index (κ3) is 5.17. The highest BCUT2D eigenvalue weighted by atomic mass is 35.5. The number of hydrogen-bond acceptors (Lipinski definition) is 8. The molecule has 4 heterocycles. The number of rotatable bonds is 6. The van der Waals surface area contributed by atoms with Gasteiger partial charge < -0.3 is 19.8 Å². The van der Waals surface area contributed by atoms with Crippen molar-refractivity contribution in [3.63, 3.8) is 0 Å². The highest BCUT2D eigenvalue weighted by molar-refractivity contribution is 6.33. The van der Waals surface area contributed by atoms with Gasteiger partial charge >= 0.3 is 12.2 Å². The molecule has 3 aromatic rings. The molecule has 38 heavy (non-hydrogen) atoms. The number of nitrogens with one attached hydrogen (secondary N) is 1. The second-order valence-corrected chi connectivity index (χ2v) is 9.22. The van der Waals surface area contributed by atoms with E-state index in [9.17, 15) is 23.1 Å². The summed E-state index contributed by atoms with van der Waals surface area (Å²) in [5.41, 5.74) is 0.0737. The number of aromatic nitrogens is 3. The van der Waals surface area contributed by atoms with Gasteiger partial charge in [0.25, 0.3) is 0 Å². The number of benzene rings is 1. The fourth-order valence-corrected chi connectivity index (χ4v) is 4.65. The van der Waals surface area contributed by atoms with Gasteiger partial charge in [0.1, 0.15) is 12.7 Å². The standard InChI is InChI=1S/C24H22ClF3N6O4/c25-17-7-18-22(32-21(17)13-2-1-3-14(6-13)24(26,27)28)34(15-4-5-33(18)10-15)23(37)31-19-8-30-20(9-29-19)38-12-16(36)11-35/h1-3,6-9,15-16,35-36H,4-5,10-12H2,(H,29,31,37)/t15-,16?/m0/s1. The smallest absolute Gasteiger partial charge is 0.416 e. The first kappa shape index (κ1) is 25.9. The van der Waals surface area contributed by atoms with Crippen molar-refractivity contribution < 1.29 is 32.9 Å². The number of anilines is 3. The Morgan fingerprint density at radius 3 is 2.79 bits per heavy atom. The molecule has 1 unspecified atom stereocenters. The molecule has 5 rings (SSSR count). The van der Waals surface area contributed by atoms with Crippen LogP contribution in [-0.2, 0) is 6.18 Å². The van der Waals surface area contributed by atoms with E-state index < -0.39 is 30.5 Å². The Morgan fingerprint density at radius 1 is 1.26 bits per heavy atom. The van der Waals surface area contributed by atoms with Crippen LogP contribution >= 0.6 is 11.6 Å². The lowest BCUT2D eigenvalue weighted by Crippen LogP contribution is -2.48. The van der Waals surface area contributed by atoms with Crippen molar-refractivity contribution in [3.8, 4) is 17.1 Å². The Kier molecular flexibility index (Phi) is 6.99. The van der Waals surface area contributed by atoms with Gasteiger partial charge in [-0.05, 0) is 24.6 Å². The van der Waals surface area contributed by atoms with Crippen LogP contribution in [0.15, 0.2) is 42.7 Å². The molecule has 0 spiro atoms. The summed E-state index contributed by atoms with van der Waals surface area (Å²) in [7, 11) is 0. The summed E-state index contributed by atoms with van der Waals surface area (Å²) in [5.74, 6) is 0.491. The molecule has 2 aliphatic rings. The Labute approximate surface area is 219 Å². The highest BCUT2D eigenvalue weighted by Gasteiger charge is 2.41. The van der Waals surface area contributed by atoms with E-state index in [2.05, 4.69) is 20.3 Å². The lowest BCUT2D eigenvalue weighted by atomic mass is 10.1. The fraction of sp³-hybridized carbons (Fsp3) is 0.333. The average Bonchev–Trinajstić information content (AvgIpc) is 3.32. The van der Waals surface area contributed by atoms with Gasteiger partial charge in [-0.2, -0.15) is 13.2 Å². The minimum Gasteiger partial charge on any atom is -0.474 e.